The molecule has 100 valence electrons. The quantitative estimate of drug-likeness (QED) is 0.891. The van der Waals surface area contributed by atoms with Crippen molar-refractivity contribution in [2.45, 2.75) is 45.1 Å². The molecular weight excluding hydrogens is 226 g/mol. The summed E-state index contributed by atoms with van der Waals surface area (Å²) < 4.78 is 5.13. The van der Waals surface area contributed by atoms with Crippen LogP contribution in [0.1, 0.15) is 50.8 Å². The van der Waals surface area contributed by atoms with Crippen LogP contribution < -0.4 is 10.5 Å². The average molecular weight is 249 g/mol. The van der Waals surface area contributed by atoms with Crippen LogP contribution in [0.25, 0.3) is 0 Å². The van der Waals surface area contributed by atoms with Crippen LogP contribution in [0.4, 0.5) is 0 Å². The second-order valence-electron chi connectivity index (χ2n) is 5.21. The summed E-state index contributed by atoms with van der Waals surface area (Å²) in [5.41, 5.74) is 7.27. The number of methoxy groups -OCH3 is 1. The van der Waals surface area contributed by atoms with Gasteiger partial charge in [-0.25, -0.2) is 9.97 Å². The van der Waals surface area contributed by atoms with Crippen LogP contribution in [0.2, 0.25) is 0 Å². The molecule has 1 heterocycles. The van der Waals surface area contributed by atoms with Crippen LogP contribution in [-0.4, -0.2) is 17.1 Å². The third-order valence-electron chi connectivity index (χ3n) is 4.12. The van der Waals surface area contributed by atoms with Crippen molar-refractivity contribution in [3.63, 3.8) is 0 Å². The molecule has 0 aromatic carbocycles. The van der Waals surface area contributed by atoms with Gasteiger partial charge in [0.15, 0.2) is 0 Å². The largest absolute Gasteiger partial charge is 0.481 e. The lowest BCUT2D eigenvalue weighted by Gasteiger charge is -2.32. The lowest BCUT2D eigenvalue weighted by Crippen LogP contribution is -2.27. The lowest BCUT2D eigenvalue weighted by molar-refractivity contribution is 0.228. The van der Waals surface area contributed by atoms with Gasteiger partial charge in [0.2, 0.25) is 5.88 Å². The van der Waals surface area contributed by atoms with Gasteiger partial charge in [0.1, 0.15) is 6.33 Å². The Morgan fingerprint density at radius 2 is 2.28 bits per heavy atom. The maximum absolute atomic E-state index is 6.36. The van der Waals surface area contributed by atoms with Gasteiger partial charge in [-0.3, -0.25) is 0 Å². The van der Waals surface area contributed by atoms with Crippen LogP contribution >= 0.6 is 0 Å². The number of hydrogen-bond acceptors (Lipinski definition) is 4. The Morgan fingerprint density at radius 1 is 1.44 bits per heavy atom. The molecule has 18 heavy (non-hydrogen) atoms. The normalized spacial score (nSPS) is 25.7. The lowest BCUT2D eigenvalue weighted by atomic mass is 9.76. The second kappa shape index (κ2) is 6.14. The number of rotatable bonds is 4. The van der Waals surface area contributed by atoms with E-state index >= 15 is 0 Å². The Labute approximate surface area is 109 Å². The summed E-state index contributed by atoms with van der Waals surface area (Å²) in [7, 11) is 1.62. The Bertz CT molecular complexity index is 383. The highest BCUT2D eigenvalue weighted by Crippen LogP contribution is 2.37. The van der Waals surface area contributed by atoms with Crippen molar-refractivity contribution in [3.05, 3.63) is 18.1 Å². The minimum absolute atomic E-state index is 0.0104. The zero-order chi connectivity index (χ0) is 13.0. The first-order valence-electron chi connectivity index (χ1n) is 6.86. The van der Waals surface area contributed by atoms with E-state index in [2.05, 4.69) is 16.9 Å². The van der Waals surface area contributed by atoms with Gasteiger partial charge in [0, 0.05) is 6.07 Å². The van der Waals surface area contributed by atoms with Crippen LogP contribution in [0.15, 0.2) is 12.4 Å². The topological polar surface area (TPSA) is 61.0 Å². The number of nitrogens with zero attached hydrogens (tertiary/aromatic N) is 2. The molecule has 3 atom stereocenters. The van der Waals surface area contributed by atoms with E-state index in [1.807, 2.05) is 6.07 Å². The second-order valence-corrected chi connectivity index (χ2v) is 5.21. The van der Waals surface area contributed by atoms with Crippen LogP contribution in [-0.2, 0) is 0 Å². The number of nitrogens with two attached hydrogens (primary N) is 1. The predicted molar refractivity (Wildman–Crippen MR) is 71.3 cm³/mol. The van der Waals surface area contributed by atoms with Crippen molar-refractivity contribution in [3.8, 4) is 5.88 Å². The van der Waals surface area contributed by atoms with Gasteiger partial charge in [-0.2, -0.15) is 0 Å². The van der Waals surface area contributed by atoms with Gasteiger partial charge in [-0.15, -0.1) is 0 Å². The Morgan fingerprint density at radius 3 is 3.00 bits per heavy atom. The number of hydrogen-bond donors (Lipinski definition) is 1. The molecule has 0 spiro atoms. The molecule has 0 amide bonds. The van der Waals surface area contributed by atoms with E-state index in [0.717, 1.165) is 11.6 Å². The van der Waals surface area contributed by atoms with E-state index in [-0.39, 0.29) is 6.04 Å². The fourth-order valence-electron chi connectivity index (χ4n) is 2.92. The molecule has 1 aromatic rings. The number of ether oxygens (including phenoxy) is 1. The zero-order valence-corrected chi connectivity index (χ0v) is 11.3. The van der Waals surface area contributed by atoms with Gasteiger partial charge >= 0.3 is 0 Å². The Kier molecular flexibility index (Phi) is 4.53. The van der Waals surface area contributed by atoms with Crippen molar-refractivity contribution in [2.75, 3.05) is 7.11 Å². The van der Waals surface area contributed by atoms with Gasteiger partial charge in [-0.1, -0.05) is 26.2 Å². The highest BCUT2D eigenvalue weighted by molar-refractivity contribution is 5.17. The van der Waals surface area contributed by atoms with E-state index in [1.54, 1.807) is 7.11 Å². The first kappa shape index (κ1) is 13.3. The summed E-state index contributed by atoms with van der Waals surface area (Å²) in [6.07, 6.45) is 7.88. The van der Waals surface area contributed by atoms with Gasteiger partial charge < -0.3 is 10.5 Å². The predicted octanol–water partition coefficient (Wildman–Crippen LogP) is 2.70. The van der Waals surface area contributed by atoms with E-state index < -0.39 is 0 Å². The summed E-state index contributed by atoms with van der Waals surface area (Å²) in [6.45, 7) is 2.27. The molecule has 0 radical (unpaired) electrons. The van der Waals surface area contributed by atoms with Gasteiger partial charge in [0.25, 0.3) is 0 Å². The fraction of sp³-hybridized carbons (Fsp3) is 0.714. The SMILES string of the molecule is CCC1CCCC(C(N)c2cc(OC)ncn2)C1. The molecule has 2 rings (SSSR count). The molecule has 0 bridgehead atoms. The molecule has 0 saturated heterocycles. The molecule has 2 N–H and O–H groups in total. The Hall–Kier alpha value is -1.16. The van der Waals surface area contributed by atoms with Crippen LogP contribution in [0.3, 0.4) is 0 Å². The van der Waals surface area contributed by atoms with E-state index in [4.69, 9.17) is 10.5 Å². The molecule has 1 fully saturated rings. The third-order valence-corrected chi connectivity index (χ3v) is 4.12. The summed E-state index contributed by atoms with van der Waals surface area (Å²) in [6, 6.07) is 1.87. The molecule has 3 unspecified atom stereocenters. The smallest absolute Gasteiger partial charge is 0.216 e. The van der Waals surface area contributed by atoms with Gasteiger partial charge in [-0.05, 0) is 24.7 Å². The third kappa shape index (κ3) is 2.99. The van der Waals surface area contributed by atoms with Crippen molar-refractivity contribution < 1.29 is 4.74 Å². The molecule has 4 nitrogen and oxygen atoms in total. The summed E-state index contributed by atoms with van der Waals surface area (Å²) in [5.74, 6) is 1.97. The van der Waals surface area contributed by atoms with E-state index in [9.17, 15) is 0 Å². The molecule has 1 aliphatic rings. The van der Waals surface area contributed by atoms with Crippen molar-refractivity contribution >= 4 is 0 Å². The highest BCUT2D eigenvalue weighted by atomic mass is 16.5. The first-order chi connectivity index (χ1) is 8.74. The minimum atomic E-state index is 0.0104. The van der Waals surface area contributed by atoms with E-state index in [0.29, 0.717) is 11.8 Å². The highest BCUT2D eigenvalue weighted by Gasteiger charge is 2.27. The fourth-order valence-corrected chi connectivity index (χ4v) is 2.92. The van der Waals surface area contributed by atoms with E-state index in [1.165, 1.54) is 38.4 Å². The Balaban J connectivity index is 2.07. The molecule has 1 saturated carbocycles. The molecule has 1 aliphatic carbocycles. The maximum Gasteiger partial charge on any atom is 0.216 e. The summed E-state index contributed by atoms with van der Waals surface area (Å²) >= 11 is 0. The number of aromatic nitrogens is 2. The standard InChI is InChI=1S/C14H23N3O/c1-3-10-5-4-6-11(7-10)14(15)12-8-13(18-2)17-9-16-12/h8-11,14H,3-7,15H2,1-2H3. The van der Waals surface area contributed by atoms with Crippen molar-refractivity contribution in [2.24, 2.45) is 17.6 Å². The molecule has 4 heteroatoms. The zero-order valence-electron chi connectivity index (χ0n) is 11.3. The van der Waals surface area contributed by atoms with Crippen molar-refractivity contribution in [1.29, 1.82) is 0 Å². The molecular formula is C14H23N3O. The first-order valence-corrected chi connectivity index (χ1v) is 6.86. The van der Waals surface area contributed by atoms with Crippen LogP contribution in [0, 0.1) is 11.8 Å². The van der Waals surface area contributed by atoms with Crippen LogP contribution in [0.5, 0.6) is 5.88 Å². The monoisotopic (exact) mass is 249 g/mol. The van der Waals surface area contributed by atoms with Gasteiger partial charge in [0.05, 0.1) is 18.8 Å². The maximum atomic E-state index is 6.36. The van der Waals surface area contributed by atoms with Crippen molar-refractivity contribution in [1.82, 2.24) is 9.97 Å². The minimum Gasteiger partial charge on any atom is -0.481 e. The summed E-state index contributed by atoms with van der Waals surface area (Å²) in [4.78, 5) is 8.32. The molecule has 1 aromatic heterocycles. The average Bonchev–Trinajstić information content (AvgIpc) is 2.46. The molecule has 0 aliphatic heterocycles. The summed E-state index contributed by atoms with van der Waals surface area (Å²) in [5, 5.41) is 0.